The van der Waals surface area contributed by atoms with Crippen molar-refractivity contribution in [1.82, 2.24) is 0 Å². The fourth-order valence-corrected chi connectivity index (χ4v) is 3.18. The molecule has 1 nitrogen and oxygen atoms in total. The molecule has 0 bridgehead atoms. The van der Waals surface area contributed by atoms with Crippen molar-refractivity contribution in [1.29, 1.82) is 0 Å². The number of anilines is 1. The van der Waals surface area contributed by atoms with Crippen molar-refractivity contribution in [2.24, 2.45) is 11.3 Å². The van der Waals surface area contributed by atoms with Gasteiger partial charge in [0.25, 0.3) is 0 Å². The summed E-state index contributed by atoms with van der Waals surface area (Å²) in [6, 6.07) is 8.83. The lowest BCUT2D eigenvalue weighted by Crippen LogP contribution is -2.20. The van der Waals surface area contributed by atoms with Gasteiger partial charge in [-0.2, -0.15) is 0 Å². The molecule has 0 aliphatic heterocycles. The maximum Gasteiger partial charge on any atom is 0.0382 e. The Bertz CT molecular complexity index is 574. The van der Waals surface area contributed by atoms with Crippen LogP contribution in [0, 0.1) is 11.3 Å². The number of hydrogen-bond acceptors (Lipinski definition) is 1. The Kier molecular flexibility index (Phi) is 4.56. The standard InChI is InChI=1S/C21H31N/c1-15-14-18(12-13-19(15)21(5,6)7)22-17-10-8-16(9-11-17)20(2,3)4/h8-13,15,22H,14H2,1-7H3/t15-/m1/s1. The monoisotopic (exact) mass is 297 g/mol. The van der Waals surface area contributed by atoms with Gasteiger partial charge in [0.2, 0.25) is 0 Å². The summed E-state index contributed by atoms with van der Waals surface area (Å²) in [6.45, 7) is 16.0. The molecule has 0 amide bonds. The van der Waals surface area contributed by atoms with Gasteiger partial charge in [-0.25, -0.2) is 0 Å². The zero-order valence-electron chi connectivity index (χ0n) is 15.2. The molecule has 1 aliphatic carbocycles. The first-order valence-electron chi connectivity index (χ1n) is 8.36. The molecule has 0 saturated heterocycles. The fourth-order valence-electron chi connectivity index (χ4n) is 3.18. The van der Waals surface area contributed by atoms with E-state index < -0.39 is 0 Å². The number of nitrogens with one attached hydrogen (secondary N) is 1. The zero-order chi connectivity index (χ0) is 16.5. The number of hydrogen-bond donors (Lipinski definition) is 1. The first-order valence-corrected chi connectivity index (χ1v) is 8.36. The van der Waals surface area contributed by atoms with Crippen molar-refractivity contribution < 1.29 is 0 Å². The van der Waals surface area contributed by atoms with E-state index in [2.05, 4.69) is 90.2 Å². The third-order valence-corrected chi connectivity index (χ3v) is 4.44. The fraction of sp³-hybridized carbons (Fsp3) is 0.524. The molecule has 0 aromatic heterocycles. The molecular formula is C21H31N. The lowest BCUT2D eigenvalue weighted by Gasteiger charge is -2.31. The molecule has 1 N–H and O–H groups in total. The highest BCUT2D eigenvalue weighted by Gasteiger charge is 2.25. The van der Waals surface area contributed by atoms with Gasteiger partial charge in [-0.05, 0) is 46.9 Å². The lowest BCUT2D eigenvalue weighted by molar-refractivity contribution is 0.430. The predicted molar refractivity (Wildman–Crippen MR) is 98.2 cm³/mol. The number of allylic oxidation sites excluding steroid dienone is 4. The van der Waals surface area contributed by atoms with Crippen LogP contribution in [0.15, 0.2) is 47.7 Å². The van der Waals surface area contributed by atoms with Crippen molar-refractivity contribution >= 4 is 5.69 Å². The van der Waals surface area contributed by atoms with Crippen LogP contribution in [0.2, 0.25) is 0 Å². The van der Waals surface area contributed by atoms with Gasteiger partial charge in [0, 0.05) is 11.4 Å². The van der Waals surface area contributed by atoms with Gasteiger partial charge in [0.15, 0.2) is 0 Å². The molecule has 1 heteroatoms. The van der Waals surface area contributed by atoms with Crippen molar-refractivity contribution in [3.05, 3.63) is 53.3 Å². The maximum atomic E-state index is 3.58. The Morgan fingerprint density at radius 3 is 1.91 bits per heavy atom. The summed E-state index contributed by atoms with van der Waals surface area (Å²) in [6.07, 6.45) is 5.64. The van der Waals surface area contributed by atoms with Gasteiger partial charge in [-0.3, -0.25) is 0 Å². The first-order chi connectivity index (χ1) is 10.1. The topological polar surface area (TPSA) is 12.0 Å². The molecular weight excluding hydrogens is 266 g/mol. The van der Waals surface area contributed by atoms with Crippen LogP contribution in [0.25, 0.3) is 0 Å². The zero-order valence-corrected chi connectivity index (χ0v) is 15.2. The van der Waals surface area contributed by atoms with E-state index in [1.54, 1.807) is 5.57 Å². The largest absolute Gasteiger partial charge is 0.359 e. The summed E-state index contributed by atoms with van der Waals surface area (Å²) >= 11 is 0. The maximum absolute atomic E-state index is 3.58. The number of benzene rings is 1. The Labute approximate surface area is 136 Å². The molecule has 1 aliphatic rings. The summed E-state index contributed by atoms with van der Waals surface area (Å²) in [5.41, 5.74) is 5.88. The van der Waals surface area contributed by atoms with Crippen molar-refractivity contribution in [2.45, 2.75) is 60.3 Å². The van der Waals surface area contributed by atoms with Crippen molar-refractivity contribution in [3.8, 4) is 0 Å². The van der Waals surface area contributed by atoms with E-state index in [0.29, 0.717) is 5.92 Å². The number of rotatable bonds is 2. The first kappa shape index (κ1) is 16.9. The van der Waals surface area contributed by atoms with Gasteiger partial charge in [0.05, 0.1) is 0 Å². The van der Waals surface area contributed by atoms with Crippen molar-refractivity contribution in [2.75, 3.05) is 5.32 Å². The van der Waals surface area contributed by atoms with Gasteiger partial charge in [-0.15, -0.1) is 0 Å². The highest BCUT2D eigenvalue weighted by atomic mass is 14.9. The molecule has 1 aromatic rings. The van der Waals surface area contributed by atoms with Gasteiger partial charge < -0.3 is 5.32 Å². The molecule has 0 saturated carbocycles. The second-order valence-electron chi connectivity index (χ2n) is 8.62. The van der Waals surface area contributed by atoms with E-state index in [-0.39, 0.29) is 10.8 Å². The molecule has 22 heavy (non-hydrogen) atoms. The minimum absolute atomic E-state index is 0.210. The minimum Gasteiger partial charge on any atom is -0.359 e. The quantitative estimate of drug-likeness (QED) is 0.676. The highest BCUT2D eigenvalue weighted by molar-refractivity contribution is 5.51. The third kappa shape index (κ3) is 4.03. The molecule has 2 rings (SSSR count). The van der Waals surface area contributed by atoms with E-state index in [9.17, 15) is 0 Å². The molecule has 0 spiro atoms. The molecule has 120 valence electrons. The van der Waals surface area contributed by atoms with Crippen LogP contribution in [-0.2, 0) is 5.41 Å². The van der Waals surface area contributed by atoms with Crippen LogP contribution in [0.5, 0.6) is 0 Å². The summed E-state index contributed by atoms with van der Waals surface area (Å²) in [7, 11) is 0. The van der Waals surface area contributed by atoms with E-state index in [1.165, 1.54) is 16.9 Å². The Balaban J connectivity index is 2.12. The van der Waals surface area contributed by atoms with Crippen LogP contribution in [0.3, 0.4) is 0 Å². The summed E-state index contributed by atoms with van der Waals surface area (Å²) in [5.74, 6) is 0.598. The molecule has 0 fully saturated rings. The smallest absolute Gasteiger partial charge is 0.0382 e. The predicted octanol–water partition coefficient (Wildman–Crippen LogP) is 6.29. The molecule has 0 radical (unpaired) electrons. The van der Waals surface area contributed by atoms with Crippen LogP contribution < -0.4 is 5.32 Å². The highest BCUT2D eigenvalue weighted by Crippen LogP contribution is 2.37. The van der Waals surface area contributed by atoms with Crippen LogP contribution in [0.4, 0.5) is 5.69 Å². The third-order valence-electron chi connectivity index (χ3n) is 4.44. The van der Waals surface area contributed by atoms with E-state index in [0.717, 1.165) is 6.42 Å². The summed E-state index contributed by atoms with van der Waals surface area (Å²) < 4.78 is 0. The molecule has 1 aromatic carbocycles. The minimum atomic E-state index is 0.210. The van der Waals surface area contributed by atoms with Crippen LogP contribution >= 0.6 is 0 Å². The van der Waals surface area contributed by atoms with Crippen LogP contribution in [0.1, 0.15) is 60.5 Å². The molecule has 0 heterocycles. The van der Waals surface area contributed by atoms with E-state index in [1.807, 2.05) is 0 Å². The van der Waals surface area contributed by atoms with Crippen LogP contribution in [-0.4, -0.2) is 0 Å². The summed E-state index contributed by atoms with van der Waals surface area (Å²) in [4.78, 5) is 0. The van der Waals surface area contributed by atoms with Gasteiger partial charge >= 0.3 is 0 Å². The summed E-state index contributed by atoms with van der Waals surface area (Å²) in [5, 5.41) is 3.58. The van der Waals surface area contributed by atoms with Gasteiger partial charge in [0.1, 0.15) is 0 Å². The Morgan fingerprint density at radius 1 is 0.864 bits per heavy atom. The second kappa shape index (κ2) is 5.95. The normalized spacial score (nSPS) is 19.5. The van der Waals surface area contributed by atoms with E-state index >= 15 is 0 Å². The van der Waals surface area contributed by atoms with E-state index in [4.69, 9.17) is 0 Å². The molecule has 1 atom stereocenters. The van der Waals surface area contributed by atoms with Gasteiger partial charge in [-0.1, -0.05) is 72.2 Å². The SMILES string of the molecule is C[C@@H]1CC(Nc2ccc(C(C)(C)C)cc2)=CC=C1C(C)(C)C. The average molecular weight is 297 g/mol. The lowest BCUT2D eigenvalue weighted by atomic mass is 9.75. The Morgan fingerprint density at radius 2 is 1.45 bits per heavy atom. The Hall–Kier alpha value is -1.50. The van der Waals surface area contributed by atoms with Crippen molar-refractivity contribution in [3.63, 3.8) is 0 Å². The molecule has 0 unspecified atom stereocenters. The second-order valence-corrected chi connectivity index (χ2v) is 8.62. The average Bonchev–Trinajstić information content (AvgIpc) is 2.36.